The molecule has 108 valence electrons. The molecule has 0 saturated carbocycles. The lowest BCUT2D eigenvalue weighted by atomic mass is 9.97. The Balaban J connectivity index is 1.81. The smallest absolute Gasteiger partial charge is 0.0522 e. The minimum atomic E-state index is 0.631. The predicted molar refractivity (Wildman–Crippen MR) is 79.2 cm³/mol. The van der Waals surface area contributed by atoms with E-state index in [4.69, 9.17) is 0 Å². The Hall–Kier alpha value is -0.870. The van der Waals surface area contributed by atoms with Gasteiger partial charge in [0, 0.05) is 32.4 Å². The van der Waals surface area contributed by atoms with Gasteiger partial charge in [-0.3, -0.25) is 4.68 Å². The van der Waals surface area contributed by atoms with Crippen LogP contribution in [0.25, 0.3) is 0 Å². The molecule has 4 heteroatoms. The molecule has 0 spiro atoms. The number of piperidine rings is 1. The lowest BCUT2D eigenvalue weighted by Crippen LogP contribution is -2.40. The first kappa shape index (κ1) is 14.5. The summed E-state index contributed by atoms with van der Waals surface area (Å²) in [6.45, 7) is 9.40. The number of nitrogens with zero attached hydrogens (tertiary/aromatic N) is 3. The van der Waals surface area contributed by atoms with Gasteiger partial charge in [0.25, 0.3) is 0 Å². The molecule has 1 saturated heterocycles. The van der Waals surface area contributed by atoms with E-state index in [2.05, 4.69) is 35.4 Å². The monoisotopic (exact) mass is 264 g/mol. The maximum atomic E-state index is 4.24. The lowest BCUT2D eigenvalue weighted by Gasteiger charge is -2.32. The average Bonchev–Trinajstić information content (AvgIpc) is 2.81. The third-order valence-electron chi connectivity index (χ3n) is 4.13. The van der Waals surface area contributed by atoms with E-state index in [1.54, 1.807) is 0 Å². The zero-order valence-corrected chi connectivity index (χ0v) is 12.6. The highest BCUT2D eigenvalue weighted by molar-refractivity contribution is 5.04. The molecule has 1 N–H and O–H groups in total. The molecule has 1 aliphatic heterocycles. The molecule has 1 aliphatic rings. The molecule has 1 aromatic rings. The van der Waals surface area contributed by atoms with Crippen molar-refractivity contribution in [1.29, 1.82) is 0 Å². The lowest BCUT2D eigenvalue weighted by molar-refractivity contribution is 0.171. The van der Waals surface area contributed by atoms with Crippen LogP contribution in [0.1, 0.15) is 32.3 Å². The Labute approximate surface area is 117 Å². The first-order valence-corrected chi connectivity index (χ1v) is 7.57. The number of rotatable bonds is 6. The van der Waals surface area contributed by atoms with Crippen molar-refractivity contribution < 1.29 is 0 Å². The van der Waals surface area contributed by atoms with Gasteiger partial charge in [0.1, 0.15) is 0 Å². The number of hydrogen-bond donors (Lipinski definition) is 1. The molecule has 2 rings (SSSR count). The second-order valence-corrected chi connectivity index (χ2v) is 6.05. The molecule has 4 nitrogen and oxygen atoms in total. The van der Waals surface area contributed by atoms with Crippen LogP contribution in [0.5, 0.6) is 0 Å². The maximum absolute atomic E-state index is 4.24. The van der Waals surface area contributed by atoms with Crippen molar-refractivity contribution in [3.05, 3.63) is 18.0 Å². The third kappa shape index (κ3) is 4.62. The van der Waals surface area contributed by atoms with Crippen molar-refractivity contribution in [3.63, 3.8) is 0 Å². The Morgan fingerprint density at radius 1 is 1.42 bits per heavy atom. The molecule has 2 heterocycles. The first-order chi connectivity index (χ1) is 9.15. The fourth-order valence-electron chi connectivity index (χ4n) is 2.83. The normalized spacial score (nSPS) is 17.5. The number of hydrogen-bond acceptors (Lipinski definition) is 3. The Morgan fingerprint density at radius 2 is 2.16 bits per heavy atom. The minimum absolute atomic E-state index is 0.631. The molecule has 0 radical (unpaired) electrons. The Kier molecular flexibility index (Phi) is 5.40. The maximum Gasteiger partial charge on any atom is 0.0522 e. The van der Waals surface area contributed by atoms with Crippen LogP contribution >= 0.6 is 0 Å². The highest BCUT2D eigenvalue weighted by Gasteiger charge is 2.18. The number of aromatic nitrogens is 2. The molecule has 0 aliphatic carbocycles. The van der Waals surface area contributed by atoms with Crippen LogP contribution in [0.15, 0.2) is 12.4 Å². The van der Waals surface area contributed by atoms with E-state index in [0.29, 0.717) is 6.04 Å². The summed E-state index contributed by atoms with van der Waals surface area (Å²) in [5.41, 5.74) is 1.35. The van der Waals surface area contributed by atoms with E-state index in [1.807, 2.05) is 17.9 Å². The van der Waals surface area contributed by atoms with E-state index in [1.165, 1.54) is 38.0 Å². The second kappa shape index (κ2) is 7.06. The summed E-state index contributed by atoms with van der Waals surface area (Å²) in [7, 11) is 1.98. The molecule has 0 unspecified atom stereocenters. The van der Waals surface area contributed by atoms with Gasteiger partial charge in [-0.05, 0) is 57.7 Å². The van der Waals surface area contributed by atoms with Crippen LogP contribution < -0.4 is 5.32 Å². The molecule has 0 bridgehead atoms. The standard InChI is InChI=1S/C15H28N4/c1-13(2)19(12-14-4-7-16-8-5-14)9-6-15-10-17-18(3)11-15/h10-11,13-14,16H,4-9,12H2,1-3H3. The second-order valence-electron chi connectivity index (χ2n) is 6.05. The molecule has 0 aromatic carbocycles. The van der Waals surface area contributed by atoms with E-state index < -0.39 is 0 Å². The van der Waals surface area contributed by atoms with Crippen LogP contribution in [-0.2, 0) is 13.5 Å². The summed E-state index contributed by atoms with van der Waals surface area (Å²) in [5, 5.41) is 7.69. The molecule has 1 fully saturated rings. The van der Waals surface area contributed by atoms with Crippen molar-refractivity contribution in [1.82, 2.24) is 20.0 Å². The molecule has 0 amide bonds. The van der Waals surface area contributed by atoms with Crippen LogP contribution in [0, 0.1) is 5.92 Å². The minimum Gasteiger partial charge on any atom is -0.317 e. The molecule has 1 aromatic heterocycles. The van der Waals surface area contributed by atoms with Gasteiger partial charge < -0.3 is 10.2 Å². The summed E-state index contributed by atoms with van der Waals surface area (Å²) < 4.78 is 1.89. The van der Waals surface area contributed by atoms with Gasteiger partial charge in [-0.1, -0.05) is 0 Å². The largest absolute Gasteiger partial charge is 0.317 e. The van der Waals surface area contributed by atoms with Gasteiger partial charge in [-0.2, -0.15) is 5.10 Å². The highest BCUT2D eigenvalue weighted by atomic mass is 15.2. The van der Waals surface area contributed by atoms with Crippen molar-refractivity contribution in [2.45, 2.75) is 39.2 Å². The average molecular weight is 264 g/mol. The van der Waals surface area contributed by atoms with Gasteiger partial charge >= 0.3 is 0 Å². The van der Waals surface area contributed by atoms with Crippen LogP contribution in [0.3, 0.4) is 0 Å². The topological polar surface area (TPSA) is 33.1 Å². The van der Waals surface area contributed by atoms with Crippen molar-refractivity contribution in [3.8, 4) is 0 Å². The van der Waals surface area contributed by atoms with E-state index in [0.717, 1.165) is 18.9 Å². The zero-order chi connectivity index (χ0) is 13.7. The fourth-order valence-corrected chi connectivity index (χ4v) is 2.83. The van der Waals surface area contributed by atoms with Crippen LogP contribution in [-0.4, -0.2) is 46.9 Å². The summed E-state index contributed by atoms with van der Waals surface area (Å²) >= 11 is 0. The fraction of sp³-hybridized carbons (Fsp3) is 0.800. The highest BCUT2D eigenvalue weighted by Crippen LogP contribution is 2.15. The Morgan fingerprint density at radius 3 is 2.74 bits per heavy atom. The van der Waals surface area contributed by atoms with Crippen LogP contribution in [0.4, 0.5) is 0 Å². The molecule has 19 heavy (non-hydrogen) atoms. The van der Waals surface area contributed by atoms with Gasteiger partial charge in [0.15, 0.2) is 0 Å². The van der Waals surface area contributed by atoms with Gasteiger partial charge in [0.2, 0.25) is 0 Å². The third-order valence-corrected chi connectivity index (χ3v) is 4.13. The van der Waals surface area contributed by atoms with Gasteiger partial charge in [0.05, 0.1) is 6.20 Å². The van der Waals surface area contributed by atoms with E-state index in [-0.39, 0.29) is 0 Å². The van der Waals surface area contributed by atoms with Gasteiger partial charge in [-0.15, -0.1) is 0 Å². The zero-order valence-electron chi connectivity index (χ0n) is 12.6. The van der Waals surface area contributed by atoms with Crippen molar-refractivity contribution in [2.24, 2.45) is 13.0 Å². The summed E-state index contributed by atoms with van der Waals surface area (Å²) in [5.74, 6) is 0.873. The predicted octanol–water partition coefficient (Wildman–Crippen LogP) is 1.67. The summed E-state index contributed by atoms with van der Waals surface area (Å²) in [6.07, 6.45) is 7.88. The summed E-state index contributed by atoms with van der Waals surface area (Å²) in [6, 6.07) is 0.631. The molecular formula is C15H28N4. The number of nitrogens with one attached hydrogen (secondary N) is 1. The summed E-state index contributed by atoms with van der Waals surface area (Å²) in [4.78, 5) is 2.63. The molecule has 0 atom stereocenters. The number of aryl methyl sites for hydroxylation is 1. The first-order valence-electron chi connectivity index (χ1n) is 7.57. The van der Waals surface area contributed by atoms with Crippen molar-refractivity contribution >= 4 is 0 Å². The van der Waals surface area contributed by atoms with Crippen LogP contribution in [0.2, 0.25) is 0 Å². The molecular weight excluding hydrogens is 236 g/mol. The van der Waals surface area contributed by atoms with E-state index in [9.17, 15) is 0 Å². The van der Waals surface area contributed by atoms with Crippen molar-refractivity contribution in [2.75, 3.05) is 26.2 Å². The quantitative estimate of drug-likeness (QED) is 0.848. The van der Waals surface area contributed by atoms with E-state index >= 15 is 0 Å². The SMILES string of the molecule is CC(C)N(CCc1cnn(C)c1)CC1CCNCC1. The van der Waals surface area contributed by atoms with Gasteiger partial charge in [-0.25, -0.2) is 0 Å². The Bertz CT molecular complexity index is 366.